The van der Waals surface area contributed by atoms with E-state index in [1.807, 2.05) is 0 Å². The maximum absolute atomic E-state index is 12.3. The molecule has 3 N–H and O–H groups in total. The molecule has 0 aromatic heterocycles. The first-order valence-corrected chi connectivity index (χ1v) is 14.4. The molecule has 6 nitrogen and oxygen atoms in total. The number of hydrogen-bond acceptors (Lipinski definition) is 3. The highest BCUT2D eigenvalue weighted by molar-refractivity contribution is 6.03. The maximum atomic E-state index is 12.3. The van der Waals surface area contributed by atoms with Crippen LogP contribution in [0.3, 0.4) is 0 Å². The number of carboxylic acid groups (broad SMARTS) is 3. The highest BCUT2D eigenvalue weighted by Crippen LogP contribution is 2.28. The van der Waals surface area contributed by atoms with Crippen molar-refractivity contribution < 1.29 is 29.7 Å². The monoisotopic (exact) mass is 518 g/mol. The van der Waals surface area contributed by atoms with Crippen molar-refractivity contribution in [3.8, 4) is 0 Å². The Kier molecular flexibility index (Phi) is 15.9. The van der Waals surface area contributed by atoms with Crippen LogP contribution in [0.1, 0.15) is 160 Å². The Hall–Kier alpha value is -2.37. The van der Waals surface area contributed by atoms with Gasteiger partial charge >= 0.3 is 17.9 Å². The highest BCUT2D eigenvalue weighted by Gasteiger charge is 2.27. The summed E-state index contributed by atoms with van der Waals surface area (Å²) in [7, 11) is 0. The molecule has 0 heterocycles. The van der Waals surface area contributed by atoms with Crippen molar-refractivity contribution in [1.29, 1.82) is 0 Å². The Labute approximate surface area is 223 Å². The zero-order valence-corrected chi connectivity index (χ0v) is 23.6. The third kappa shape index (κ3) is 12.6. The average molecular weight is 519 g/mol. The van der Waals surface area contributed by atoms with E-state index in [1.165, 1.54) is 44.6 Å². The van der Waals surface area contributed by atoms with Gasteiger partial charge in [-0.3, -0.25) is 0 Å². The normalized spacial score (nSPS) is 11.4. The number of unbranched alkanes of at least 4 members (excludes halogenated alkanes) is 10. The van der Waals surface area contributed by atoms with Gasteiger partial charge in [-0.25, -0.2) is 14.4 Å². The predicted molar refractivity (Wildman–Crippen MR) is 149 cm³/mol. The van der Waals surface area contributed by atoms with E-state index < -0.39 is 17.9 Å². The van der Waals surface area contributed by atoms with Crippen LogP contribution in [0.25, 0.3) is 0 Å². The van der Waals surface area contributed by atoms with Crippen molar-refractivity contribution in [2.75, 3.05) is 0 Å². The molecular weight excluding hydrogens is 468 g/mol. The Balaban J connectivity index is 2.90. The number of hydrogen-bond donors (Lipinski definition) is 3. The molecule has 0 saturated carbocycles. The first-order chi connectivity index (χ1) is 17.6. The molecular formula is C31H50O6. The van der Waals surface area contributed by atoms with Gasteiger partial charge in [0.05, 0.1) is 16.7 Å². The van der Waals surface area contributed by atoms with Gasteiger partial charge in [0.15, 0.2) is 0 Å². The van der Waals surface area contributed by atoms with Crippen LogP contribution in [0.2, 0.25) is 0 Å². The topological polar surface area (TPSA) is 112 Å². The summed E-state index contributed by atoms with van der Waals surface area (Å²) in [6.07, 6.45) is 15.3. The van der Waals surface area contributed by atoms with Gasteiger partial charge in [-0.2, -0.15) is 0 Å². The fraction of sp³-hybridized carbons (Fsp3) is 0.710. The van der Waals surface area contributed by atoms with Gasteiger partial charge in [-0.15, -0.1) is 0 Å². The van der Waals surface area contributed by atoms with Crippen molar-refractivity contribution in [2.45, 2.75) is 130 Å². The Bertz CT molecular complexity index is 795. The molecule has 0 bridgehead atoms. The van der Waals surface area contributed by atoms with E-state index in [9.17, 15) is 29.7 Å². The lowest BCUT2D eigenvalue weighted by Crippen LogP contribution is -2.18. The van der Waals surface area contributed by atoms with E-state index in [2.05, 4.69) is 27.7 Å². The molecule has 37 heavy (non-hydrogen) atoms. The third-order valence-electron chi connectivity index (χ3n) is 7.13. The van der Waals surface area contributed by atoms with Gasteiger partial charge in [0.1, 0.15) is 0 Å². The quantitative estimate of drug-likeness (QED) is 0.140. The molecule has 1 rings (SSSR count). The van der Waals surface area contributed by atoms with Crippen LogP contribution in [-0.2, 0) is 12.8 Å². The minimum Gasteiger partial charge on any atom is -0.478 e. The van der Waals surface area contributed by atoms with Crippen molar-refractivity contribution in [3.05, 3.63) is 33.9 Å². The molecule has 0 aliphatic rings. The Morgan fingerprint density at radius 1 is 0.541 bits per heavy atom. The standard InChI is InChI=1S/C31H50O6/c1-22(2)17-13-9-5-7-11-15-19-24-26(29(32)33)21-27(30(34)35)25(28(24)31(36)37)20-16-12-8-6-10-14-18-23(3)4/h21-23H,5-20H2,1-4H3,(H,32,33)(H,34,35)(H,36,37). The van der Waals surface area contributed by atoms with Crippen LogP contribution < -0.4 is 0 Å². The van der Waals surface area contributed by atoms with Crippen LogP contribution in [0.4, 0.5) is 0 Å². The molecule has 0 aliphatic carbocycles. The molecule has 1 aromatic carbocycles. The summed E-state index contributed by atoms with van der Waals surface area (Å²) < 4.78 is 0. The smallest absolute Gasteiger partial charge is 0.336 e. The van der Waals surface area contributed by atoms with Gasteiger partial charge in [-0.05, 0) is 54.7 Å². The lowest BCUT2D eigenvalue weighted by atomic mass is 9.86. The number of rotatable bonds is 21. The third-order valence-corrected chi connectivity index (χ3v) is 7.13. The number of aromatic carboxylic acids is 3. The SMILES string of the molecule is CC(C)CCCCCCCCc1c(C(=O)O)cc(C(=O)O)c(CCCCCCCCC(C)C)c1C(=O)O. The number of carboxylic acids is 3. The maximum Gasteiger partial charge on any atom is 0.336 e. The summed E-state index contributed by atoms with van der Waals surface area (Å²) >= 11 is 0. The first kappa shape index (κ1) is 32.7. The summed E-state index contributed by atoms with van der Waals surface area (Å²) in [5.74, 6) is -2.37. The van der Waals surface area contributed by atoms with Crippen LogP contribution in [0.5, 0.6) is 0 Å². The van der Waals surface area contributed by atoms with Gasteiger partial charge in [0.2, 0.25) is 0 Å². The molecule has 0 saturated heterocycles. The molecule has 0 radical (unpaired) electrons. The molecule has 0 atom stereocenters. The Morgan fingerprint density at radius 3 is 1.16 bits per heavy atom. The van der Waals surface area contributed by atoms with Gasteiger partial charge in [0.25, 0.3) is 0 Å². The summed E-state index contributed by atoms with van der Waals surface area (Å²) in [6, 6.07) is 1.18. The second-order valence-electron chi connectivity index (χ2n) is 11.3. The molecule has 0 unspecified atom stereocenters. The summed E-state index contributed by atoms with van der Waals surface area (Å²) in [5, 5.41) is 29.6. The fourth-order valence-corrected chi connectivity index (χ4v) is 5.05. The van der Waals surface area contributed by atoms with Crippen LogP contribution in [-0.4, -0.2) is 33.2 Å². The van der Waals surface area contributed by atoms with E-state index in [4.69, 9.17) is 0 Å². The van der Waals surface area contributed by atoms with Gasteiger partial charge in [0, 0.05) is 0 Å². The molecule has 210 valence electrons. The summed E-state index contributed by atoms with van der Waals surface area (Å²) in [6.45, 7) is 8.88. The predicted octanol–water partition coefficient (Wildman–Crippen LogP) is 8.64. The average Bonchev–Trinajstić information content (AvgIpc) is 2.81. The Morgan fingerprint density at radius 2 is 0.865 bits per heavy atom. The van der Waals surface area contributed by atoms with Crippen molar-refractivity contribution in [2.24, 2.45) is 11.8 Å². The van der Waals surface area contributed by atoms with Crippen LogP contribution in [0, 0.1) is 11.8 Å². The molecule has 0 amide bonds. The minimum atomic E-state index is -1.28. The number of carbonyl (C=O) groups is 3. The molecule has 1 aromatic rings. The molecule has 0 spiro atoms. The lowest BCUT2D eigenvalue weighted by molar-refractivity contribution is 0.0694. The molecule has 6 heteroatoms. The van der Waals surface area contributed by atoms with Gasteiger partial charge < -0.3 is 15.3 Å². The fourth-order valence-electron chi connectivity index (χ4n) is 5.05. The molecule has 0 aliphatic heterocycles. The zero-order valence-electron chi connectivity index (χ0n) is 23.6. The van der Waals surface area contributed by atoms with Crippen LogP contribution >= 0.6 is 0 Å². The first-order valence-electron chi connectivity index (χ1n) is 14.4. The van der Waals surface area contributed by atoms with Crippen molar-refractivity contribution in [1.82, 2.24) is 0 Å². The van der Waals surface area contributed by atoms with E-state index in [0.717, 1.165) is 38.5 Å². The summed E-state index contributed by atoms with van der Waals surface area (Å²) in [5.41, 5.74) is 0.0504. The van der Waals surface area contributed by atoms with Crippen molar-refractivity contribution >= 4 is 17.9 Å². The highest BCUT2D eigenvalue weighted by atomic mass is 16.4. The minimum absolute atomic E-state index is 0.105. The number of benzene rings is 1. The van der Waals surface area contributed by atoms with Crippen LogP contribution in [0.15, 0.2) is 6.07 Å². The largest absolute Gasteiger partial charge is 0.478 e. The van der Waals surface area contributed by atoms with E-state index in [1.54, 1.807) is 0 Å². The second kappa shape index (κ2) is 18.0. The van der Waals surface area contributed by atoms with E-state index >= 15 is 0 Å². The summed E-state index contributed by atoms with van der Waals surface area (Å²) in [4.78, 5) is 36.3. The second-order valence-corrected chi connectivity index (χ2v) is 11.3. The zero-order chi connectivity index (χ0) is 27.8. The van der Waals surface area contributed by atoms with E-state index in [-0.39, 0.29) is 27.8 Å². The van der Waals surface area contributed by atoms with E-state index in [0.29, 0.717) is 37.5 Å². The molecule has 0 fully saturated rings. The lowest BCUT2D eigenvalue weighted by Gasteiger charge is -2.17. The van der Waals surface area contributed by atoms with Crippen molar-refractivity contribution in [3.63, 3.8) is 0 Å². The van der Waals surface area contributed by atoms with Gasteiger partial charge in [-0.1, -0.05) is 105 Å².